The van der Waals surface area contributed by atoms with Crippen molar-refractivity contribution >= 4 is 44.2 Å². The Morgan fingerprint density at radius 1 is 1.22 bits per heavy atom. The van der Waals surface area contributed by atoms with E-state index in [4.69, 9.17) is 21.1 Å². The van der Waals surface area contributed by atoms with E-state index in [1.165, 1.54) is 11.3 Å². The molecule has 0 aliphatic carbocycles. The molecular weight excluding hydrogens is 336 g/mol. The van der Waals surface area contributed by atoms with E-state index in [1.807, 2.05) is 30.3 Å². The molecule has 1 aromatic heterocycles. The van der Waals surface area contributed by atoms with Gasteiger partial charge in [-0.25, -0.2) is 4.98 Å². The van der Waals surface area contributed by atoms with Gasteiger partial charge >= 0.3 is 0 Å². The summed E-state index contributed by atoms with van der Waals surface area (Å²) in [7, 11) is 0. The van der Waals surface area contributed by atoms with Crippen molar-refractivity contribution in [2.45, 2.75) is 6.42 Å². The molecule has 5 nitrogen and oxygen atoms in total. The normalized spacial score (nSPS) is 12.6. The molecule has 0 spiro atoms. The number of ether oxygens (including phenoxy) is 2. The molecule has 1 amide bonds. The molecule has 2 aromatic carbocycles. The molecule has 0 atom stereocenters. The van der Waals surface area contributed by atoms with Crippen LogP contribution in [-0.2, 0) is 11.2 Å². The maximum absolute atomic E-state index is 12.2. The molecule has 1 aliphatic rings. The van der Waals surface area contributed by atoms with E-state index in [1.54, 1.807) is 6.07 Å². The molecule has 0 unspecified atom stereocenters. The highest BCUT2D eigenvalue weighted by Gasteiger charge is 2.15. The number of benzene rings is 2. The summed E-state index contributed by atoms with van der Waals surface area (Å²) in [5.41, 5.74) is 1.67. The fourth-order valence-corrected chi connectivity index (χ4v) is 3.51. The summed E-state index contributed by atoms with van der Waals surface area (Å²) in [6.45, 7) is 0.221. The minimum atomic E-state index is -0.131. The molecule has 0 saturated heterocycles. The van der Waals surface area contributed by atoms with E-state index in [2.05, 4.69) is 10.3 Å². The Balaban J connectivity index is 1.48. The molecule has 0 bridgehead atoms. The van der Waals surface area contributed by atoms with Gasteiger partial charge in [-0.2, -0.15) is 0 Å². The molecule has 1 N–H and O–H groups in total. The molecule has 1 aliphatic heterocycles. The molecular formula is C16H11ClN2O3S. The lowest BCUT2D eigenvalue weighted by molar-refractivity contribution is -0.115. The molecule has 0 fully saturated rings. The van der Waals surface area contributed by atoms with E-state index in [0.29, 0.717) is 21.7 Å². The number of aromatic nitrogens is 1. The number of nitrogens with one attached hydrogen (secondary N) is 1. The van der Waals surface area contributed by atoms with Crippen molar-refractivity contribution < 1.29 is 14.3 Å². The Morgan fingerprint density at radius 3 is 3.00 bits per heavy atom. The fraction of sp³-hybridized carbons (Fsp3) is 0.125. The van der Waals surface area contributed by atoms with Crippen LogP contribution in [0.4, 0.5) is 5.13 Å². The number of rotatable bonds is 3. The van der Waals surface area contributed by atoms with Crippen molar-refractivity contribution in [3.05, 3.63) is 47.0 Å². The van der Waals surface area contributed by atoms with Crippen LogP contribution in [0, 0.1) is 0 Å². The first-order valence-corrected chi connectivity index (χ1v) is 8.11. The van der Waals surface area contributed by atoms with Crippen LogP contribution in [0.2, 0.25) is 5.02 Å². The first-order chi connectivity index (χ1) is 11.2. The van der Waals surface area contributed by atoms with Gasteiger partial charge in [0.15, 0.2) is 16.6 Å². The number of halogens is 1. The third kappa shape index (κ3) is 2.95. The predicted molar refractivity (Wildman–Crippen MR) is 89.5 cm³/mol. The first-order valence-electron chi connectivity index (χ1n) is 6.92. The van der Waals surface area contributed by atoms with E-state index in [0.717, 1.165) is 15.8 Å². The molecule has 7 heteroatoms. The number of nitrogens with zero attached hydrogens (tertiary/aromatic N) is 1. The zero-order valence-corrected chi connectivity index (χ0v) is 13.4. The molecule has 116 valence electrons. The van der Waals surface area contributed by atoms with Gasteiger partial charge in [-0.05, 0) is 35.9 Å². The Kier molecular flexibility index (Phi) is 3.55. The maximum Gasteiger partial charge on any atom is 0.231 e. The number of carbonyl (C=O) groups excluding carboxylic acids is 1. The molecule has 4 rings (SSSR count). The van der Waals surface area contributed by atoms with E-state index < -0.39 is 0 Å². The molecule has 0 radical (unpaired) electrons. The number of thiazole rings is 1. The summed E-state index contributed by atoms with van der Waals surface area (Å²) < 4.78 is 11.5. The van der Waals surface area contributed by atoms with Crippen LogP contribution in [0.25, 0.3) is 10.2 Å². The average Bonchev–Trinajstić information content (AvgIpc) is 3.11. The fourth-order valence-electron chi connectivity index (χ4n) is 2.35. The van der Waals surface area contributed by atoms with Crippen molar-refractivity contribution in [1.29, 1.82) is 0 Å². The predicted octanol–water partition coefficient (Wildman–Crippen LogP) is 3.86. The highest BCUT2D eigenvalue weighted by atomic mass is 35.5. The number of hydrogen-bond donors (Lipinski definition) is 1. The number of fused-ring (bicyclic) bond motifs is 2. The largest absolute Gasteiger partial charge is 0.454 e. The number of carbonyl (C=O) groups is 1. The zero-order chi connectivity index (χ0) is 15.8. The minimum absolute atomic E-state index is 0.131. The maximum atomic E-state index is 12.2. The lowest BCUT2D eigenvalue weighted by Crippen LogP contribution is -2.14. The average molecular weight is 347 g/mol. The Labute approximate surface area is 140 Å². The second-order valence-electron chi connectivity index (χ2n) is 5.04. The lowest BCUT2D eigenvalue weighted by atomic mass is 10.1. The van der Waals surface area contributed by atoms with Crippen LogP contribution in [0.5, 0.6) is 11.5 Å². The smallest absolute Gasteiger partial charge is 0.231 e. The van der Waals surface area contributed by atoms with Crippen molar-refractivity contribution in [2.75, 3.05) is 12.1 Å². The van der Waals surface area contributed by atoms with Crippen molar-refractivity contribution in [3.63, 3.8) is 0 Å². The highest BCUT2D eigenvalue weighted by Crippen LogP contribution is 2.33. The van der Waals surface area contributed by atoms with Crippen molar-refractivity contribution in [2.24, 2.45) is 0 Å². The molecule has 2 heterocycles. The second kappa shape index (κ2) is 5.72. The van der Waals surface area contributed by atoms with Crippen molar-refractivity contribution in [1.82, 2.24) is 4.98 Å². The summed E-state index contributed by atoms with van der Waals surface area (Å²) in [6, 6.07) is 10.9. The van der Waals surface area contributed by atoms with Gasteiger partial charge in [0.2, 0.25) is 12.7 Å². The van der Waals surface area contributed by atoms with Crippen LogP contribution in [0.3, 0.4) is 0 Å². The number of anilines is 1. The Morgan fingerprint density at radius 2 is 2.09 bits per heavy atom. The van der Waals surface area contributed by atoms with Gasteiger partial charge in [0, 0.05) is 5.02 Å². The topological polar surface area (TPSA) is 60.5 Å². The van der Waals surface area contributed by atoms with E-state index in [9.17, 15) is 4.79 Å². The third-order valence-corrected chi connectivity index (χ3v) is 4.57. The monoisotopic (exact) mass is 346 g/mol. The van der Waals surface area contributed by atoms with Gasteiger partial charge in [0.1, 0.15) is 0 Å². The molecule has 0 saturated carbocycles. The van der Waals surface area contributed by atoms with E-state index in [-0.39, 0.29) is 19.1 Å². The molecule has 3 aromatic rings. The van der Waals surface area contributed by atoms with Gasteiger partial charge < -0.3 is 14.8 Å². The lowest BCUT2D eigenvalue weighted by Gasteiger charge is -2.03. The Hall–Kier alpha value is -2.31. The quantitative estimate of drug-likeness (QED) is 0.782. The van der Waals surface area contributed by atoms with Crippen LogP contribution in [-0.4, -0.2) is 17.7 Å². The minimum Gasteiger partial charge on any atom is -0.454 e. The first kappa shape index (κ1) is 14.3. The van der Waals surface area contributed by atoms with Crippen molar-refractivity contribution in [3.8, 4) is 11.5 Å². The zero-order valence-electron chi connectivity index (χ0n) is 11.8. The van der Waals surface area contributed by atoms with Gasteiger partial charge in [-0.15, -0.1) is 0 Å². The van der Waals surface area contributed by atoms with Gasteiger partial charge in [-0.1, -0.05) is 29.0 Å². The van der Waals surface area contributed by atoms with Crippen LogP contribution >= 0.6 is 22.9 Å². The van der Waals surface area contributed by atoms with Gasteiger partial charge in [0.05, 0.1) is 16.6 Å². The summed E-state index contributed by atoms with van der Waals surface area (Å²) in [6.07, 6.45) is 0.243. The second-order valence-corrected chi connectivity index (χ2v) is 6.51. The summed E-state index contributed by atoms with van der Waals surface area (Å²) >= 11 is 7.36. The summed E-state index contributed by atoms with van der Waals surface area (Å²) in [4.78, 5) is 16.6. The number of hydrogen-bond acceptors (Lipinski definition) is 5. The van der Waals surface area contributed by atoms with Crippen LogP contribution in [0.15, 0.2) is 36.4 Å². The van der Waals surface area contributed by atoms with Gasteiger partial charge in [-0.3, -0.25) is 4.79 Å². The SMILES string of the molecule is O=C(Cc1ccc2c(c1)OCO2)Nc1nc2ccc(Cl)cc2s1. The molecule has 23 heavy (non-hydrogen) atoms. The Bertz CT molecular complexity index is 909. The van der Waals surface area contributed by atoms with E-state index >= 15 is 0 Å². The standard InChI is InChI=1S/C16H11ClN2O3S/c17-10-2-3-11-14(7-10)23-16(18-11)19-15(20)6-9-1-4-12-13(5-9)22-8-21-12/h1-5,7H,6,8H2,(H,18,19,20). The summed E-state index contributed by atoms with van der Waals surface area (Å²) in [5.74, 6) is 1.25. The number of amides is 1. The van der Waals surface area contributed by atoms with Crippen LogP contribution < -0.4 is 14.8 Å². The van der Waals surface area contributed by atoms with Crippen LogP contribution in [0.1, 0.15) is 5.56 Å². The third-order valence-electron chi connectivity index (χ3n) is 3.40. The van der Waals surface area contributed by atoms with Gasteiger partial charge in [0.25, 0.3) is 0 Å². The highest BCUT2D eigenvalue weighted by molar-refractivity contribution is 7.22. The summed E-state index contributed by atoms with van der Waals surface area (Å²) in [5, 5.41) is 4.04.